The van der Waals surface area contributed by atoms with Crippen LogP contribution in [0.25, 0.3) is 10.8 Å². The van der Waals surface area contributed by atoms with Crippen LogP contribution in [0.15, 0.2) is 42.5 Å². The summed E-state index contributed by atoms with van der Waals surface area (Å²) in [5.41, 5.74) is 6.18. The molecule has 1 fully saturated rings. The topological polar surface area (TPSA) is 75.4 Å². The summed E-state index contributed by atoms with van der Waals surface area (Å²) in [5.74, 6) is 0.138. The van der Waals surface area contributed by atoms with Crippen LogP contribution in [0.4, 0.5) is 0 Å². The minimum Gasteiger partial charge on any atom is -0.356 e. The molecule has 1 aliphatic heterocycles. The number of nitrogens with two attached hydrogens (primary N) is 1. The quantitative estimate of drug-likeness (QED) is 0.820. The monoisotopic (exact) mass is 339 g/mol. The van der Waals surface area contributed by atoms with Crippen LogP contribution in [-0.4, -0.2) is 42.9 Å². The van der Waals surface area contributed by atoms with E-state index in [2.05, 4.69) is 5.32 Å². The molecule has 5 heteroatoms. The average molecular weight is 339 g/mol. The van der Waals surface area contributed by atoms with Crippen LogP contribution in [0.3, 0.4) is 0 Å². The van der Waals surface area contributed by atoms with Crippen LogP contribution in [0, 0.1) is 5.92 Å². The summed E-state index contributed by atoms with van der Waals surface area (Å²) in [4.78, 5) is 26.9. The Morgan fingerprint density at radius 2 is 1.80 bits per heavy atom. The van der Waals surface area contributed by atoms with Gasteiger partial charge in [-0.2, -0.15) is 0 Å². The van der Waals surface area contributed by atoms with Gasteiger partial charge < -0.3 is 16.0 Å². The minimum atomic E-state index is -0.00524. The molecule has 1 saturated heterocycles. The lowest BCUT2D eigenvalue weighted by molar-refractivity contribution is -0.126. The number of nitrogens with zero attached hydrogens (tertiary/aromatic N) is 1. The zero-order valence-electron chi connectivity index (χ0n) is 14.4. The molecule has 5 nitrogen and oxygen atoms in total. The molecule has 2 aromatic rings. The molecule has 0 spiro atoms. The molecule has 25 heavy (non-hydrogen) atoms. The smallest absolute Gasteiger partial charge is 0.254 e. The van der Waals surface area contributed by atoms with Crippen LogP contribution < -0.4 is 11.1 Å². The van der Waals surface area contributed by atoms with Crippen LogP contribution >= 0.6 is 0 Å². The molecule has 3 N–H and O–H groups in total. The molecule has 0 unspecified atom stereocenters. The Morgan fingerprint density at radius 3 is 2.56 bits per heavy atom. The molecule has 0 aromatic heterocycles. The van der Waals surface area contributed by atoms with Gasteiger partial charge in [-0.15, -0.1) is 0 Å². The molecule has 0 bridgehead atoms. The van der Waals surface area contributed by atoms with Crippen molar-refractivity contribution in [2.24, 2.45) is 11.7 Å². The number of carbonyl (C=O) groups is 2. The van der Waals surface area contributed by atoms with E-state index in [0.717, 1.165) is 22.8 Å². The second-order valence-electron chi connectivity index (χ2n) is 6.53. The van der Waals surface area contributed by atoms with Crippen LogP contribution in [0.1, 0.15) is 29.6 Å². The Kier molecular flexibility index (Phi) is 5.66. The van der Waals surface area contributed by atoms with Crippen LogP contribution in [-0.2, 0) is 4.79 Å². The van der Waals surface area contributed by atoms with Crippen molar-refractivity contribution in [3.05, 3.63) is 48.0 Å². The lowest BCUT2D eigenvalue weighted by atomic mass is 9.95. The Bertz CT molecular complexity index is 746. The van der Waals surface area contributed by atoms with Crippen molar-refractivity contribution >= 4 is 22.6 Å². The first-order valence-corrected chi connectivity index (χ1v) is 8.95. The molecule has 0 radical (unpaired) electrons. The summed E-state index contributed by atoms with van der Waals surface area (Å²) in [6.07, 6.45) is 2.22. The fraction of sp³-hybridized carbons (Fsp3) is 0.400. The molecule has 2 amide bonds. The van der Waals surface area contributed by atoms with E-state index >= 15 is 0 Å². The Balaban J connectivity index is 1.62. The Labute approximate surface area is 148 Å². The van der Waals surface area contributed by atoms with E-state index in [0.29, 0.717) is 39.0 Å². The summed E-state index contributed by atoms with van der Waals surface area (Å²) in [6, 6.07) is 13.8. The van der Waals surface area contributed by atoms with Gasteiger partial charge >= 0.3 is 0 Å². The fourth-order valence-corrected chi connectivity index (χ4v) is 3.39. The van der Waals surface area contributed by atoms with Gasteiger partial charge in [-0.1, -0.05) is 36.4 Å². The number of hydrogen-bond donors (Lipinski definition) is 2. The van der Waals surface area contributed by atoms with Crippen molar-refractivity contribution in [1.82, 2.24) is 10.2 Å². The van der Waals surface area contributed by atoms with Crippen molar-refractivity contribution in [2.45, 2.75) is 19.3 Å². The van der Waals surface area contributed by atoms with E-state index in [-0.39, 0.29) is 17.7 Å². The van der Waals surface area contributed by atoms with Gasteiger partial charge in [-0.25, -0.2) is 0 Å². The minimum absolute atomic E-state index is 0.00524. The third-order valence-electron chi connectivity index (χ3n) is 4.85. The number of fused-ring (bicyclic) bond motifs is 1. The van der Waals surface area contributed by atoms with Gasteiger partial charge in [-0.05, 0) is 42.6 Å². The largest absolute Gasteiger partial charge is 0.356 e. The van der Waals surface area contributed by atoms with Gasteiger partial charge in [0.2, 0.25) is 5.91 Å². The van der Waals surface area contributed by atoms with Gasteiger partial charge in [0.15, 0.2) is 0 Å². The van der Waals surface area contributed by atoms with Crippen LogP contribution in [0.5, 0.6) is 0 Å². The summed E-state index contributed by atoms with van der Waals surface area (Å²) < 4.78 is 0. The predicted molar refractivity (Wildman–Crippen MR) is 99.3 cm³/mol. The number of piperidine rings is 1. The normalized spacial score (nSPS) is 15.3. The average Bonchev–Trinajstić information content (AvgIpc) is 2.67. The zero-order chi connectivity index (χ0) is 17.6. The number of amides is 2. The molecule has 0 atom stereocenters. The van der Waals surface area contributed by atoms with E-state index in [9.17, 15) is 9.59 Å². The summed E-state index contributed by atoms with van der Waals surface area (Å²) >= 11 is 0. The number of hydrogen-bond acceptors (Lipinski definition) is 3. The van der Waals surface area contributed by atoms with E-state index in [1.165, 1.54) is 0 Å². The Morgan fingerprint density at radius 1 is 1.08 bits per heavy atom. The molecule has 0 aliphatic carbocycles. The van der Waals surface area contributed by atoms with Crippen molar-refractivity contribution in [3.63, 3.8) is 0 Å². The second kappa shape index (κ2) is 8.12. The number of carbonyl (C=O) groups excluding carboxylic acids is 2. The summed E-state index contributed by atoms with van der Waals surface area (Å²) in [6.45, 7) is 2.46. The molecule has 132 valence electrons. The molecule has 0 saturated carbocycles. The standard InChI is InChI=1S/C20H25N3O2/c21-11-4-12-22-19(24)16-9-13-23(14-10-16)20(25)18-8-3-6-15-5-1-2-7-17(15)18/h1-3,5-8,16H,4,9-14,21H2,(H,22,24). The first-order valence-electron chi connectivity index (χ1n) is 8.95. The predicted octanol–water partition coefficient (Wildman–Crippen LogP) is 2.16. The van der Waals surface area contributed by atoms with Crippen LogP contribution in [0.2, 0.25) is 0 Å². The maximum Gasteiger partial charge on any atom is 0.254 e. The SMILES string of the molecule is NCCCNC(=O)C1CCN(C(=O)c2cccc3ccccc23)CC1. The van der Waals surface area contributed by atoms with E-state index < -0.39 is 0 Å². The number of rotatable bonds is 5. The molecular formula is C20H25N3O2. The molecular weight excluding hydrogens is 314 g/mol. The van der Waals surface area contributed by atoms with Gasteiger partial charge in [0.05, 0.1) is 0 Å². The van der Waals surface area contributed by atoms with Gasteiger partial charge in [-0.3, -0.25) is 9.59 Å². The first kappa shape index (κ1) is 17.4. The van der Waals surface area contributed by atoms with Gasteiger partial charge in [0.1, 0.15) is 0 Å². The highest BCUT2D eigenvalue weighted by atomic mass is 16.2. The van der Waals surface area contributed by atoms with Crippen molar-refractivity contribution in [1.29, 1.82) is 0 Å². The fourth-order valence-electron chi connectivity index (χ4n) is 3.39. The third-order valence-corrected chi connectivity index (χ3v) is 4.85. The summed E-state index contributed by atoms with van der Waals surface area (Å²) in [5, 5.41) is 4.99. The highest BCUT2D eigenvalue weighted by Crippen LogP contribution is 2.23. The van der Waals surface area contributed by atoms with Crippen molar-refractivity contribution < 1.29 is 9.59 Å². The molecule has 1 heterocycles. The first-order chi connectivity index (χ1) is 12.2. The second-order valence-corrected chi connectivity index (χ2v) is 6.53. The molecule has 3 rings (SSSR count). The van der Waals surface area contributed by atoms with E-state index in [1.54, 1.807) is 0 Å². The van der Waals surface area contributed by atoms with Gasteiger partial charge in [0.25, 0.3) is 5.91 Å². The number of nitrogens with one attached hydrogen (secondary N) is 1. The highest BCUT2D eigenvalue weighted by molar-refractivity contribution is 6.07. The zero-order valence-corrected chi connectivity index (χ0v) is 14.4. The summed E-state index contributed by atoms with van der Waals surface area (Å²) in [7, 11) is 0. The number of benzene rings is 2. The van der Waals surface area contributed by atoms with Crippen molar-refractivity contribution in [3.8, 4) is 0 Å². The third kappa shape index (κ3) is 3.99. The molecule has 2 aromatic carbocycles. The van der Waals surface area contributed by atoms with Crippen molar-refractivity contribution in [2.75, 3.05) is 26.2 Å². The Hall–Kier alpha value is -2.40. The number of likely N-dealkylation sites (tertiary alicyclic amines) is 1. The lowest BCUT2D eigenvalue weighted by Crippen LogP contribution is -2.43. The molecule has 1 aliphatic rings. The van der Waals surface area contributed by atoms with Gasteiger partial charge in [0, 0.05) is 31.1 Å². The highest BCUT2D eigenvalue weighted by Gasteiger charge is 2.28. The maximum atomic E-state index is 12.9. The van der Waals surface area contributed by atoms with E-state index in [4.69, 9.17) is 5.73 Å². The maximum absolute atomic E-state index is 12.9. The lowest BCUT2D eigenvalue weighted by Gasteiger charge is -2.31. The van der Waals surface area contributed by atoms with E-state index in [1.807, 2.05) is 47.4 Å².